The fraction of sp³-hybridized carbons (Fsp3) is 0.188. The van der Waals surface area contributed by atoms with Gasteiger partial charge in [-0.05, 0) is 44.2 Å². The predicted molar refractivity (Wildman–Crippen MR) is 82.3 cm³/mol. The van der Waals surface area contributed by atoms with E-state index in [0.29, 0.717) is 17.4 Å². The first-order valence-corrected chi connectivity index (χ1v) is 6.84. The summed E-state index contributed by atoms with van der Waals surface area (Å²) in [6.45, 7) is 4.22. The predicted octanol–water partition coefficient (Wildman–Crippen LogP) is 3.26. The molecule has 1 N–H and O–H groups in total. The van der Waals surface area contributed by atoms with Crippen molar-refractivity contribution in [3.05, 3.63) is 54.6 Å². The van der Waals surface area contributed by atoms with Crippen molar-refractivity contribution >= 4 is 22.6 Å². The summed E-state index contributed by atoms with van der Waals surface area (Å²) in [6, 6.07) is 11.3. The molecule has 0 unspecified atom stereocenters. The van der Waals surface area contributed by atoms with Gasteiger partial charge in [0, 0.05) is 17.9 Å². The van der Waals surface area contributed by atoms with Gasteiger partial charge in [0.05, 0.1) is 17.4 Å². The standard InChI is InChI=1S/C16H16N4O/c1-11(2)20-10-18-14-9-12(6-7-15(14)20)19-16(21)13-5-3-4-8-17-13/h3-11H,1-2H3,(H,19,21). The van der Waals surface area contributed by atoms with E-state index in [2.05, 4.69) is 33.7 Å². The van der Waals surface area contributed by atoms with E-state index in [9.17, 15) is 4.79 Å². The molecule has 0 bridgehead atoms. The average molecular weight is 280 g/mol. The Morgan fingerprint density at radius 1 is 1.19 bits per heavy atom. The number of anilines is 1. The zero-order valence-corrected chi connectivity index (χ0v) is 11.9. The van der Waals surface area contributed by atoms with Gasteiger partial charge in [-0.3, -0.25) is 9.78 Å². The van der Waals surface area contributed by atoms with Crippen molar-refractivity contribution in [1.82, 2.24) is 14.5 Å². The Labute approximate surface area is 122 Å². The largest absolute Gasteiger partial charge is 0.328 e. The van der Waals surface area contributed by atoms with E-state index in [4.69, 9.17) is 0 Å². The summed E-state index contributed by atoms with van der Waals surface area (Å²) >= 11 is 0. The number of hydrogen-bond acceptors (Lipinski definition) is 3. The third kappa shape index (κ3) is 2.63. The number of imidazole rings is 1. The number of pyridine rings is 1. The summed E-state index contributed by atoms with van der Waals surface area (Å²) in [6.07, 6.45) is 3.42. The highest BCUT2D eigenvalue weighted by atomic mass is 16.1. The molecular formula is C16H16N4O. The molecule has 106 valence electrons. The Balaban J connectivity index is 1.87. The molecule has 0 aliphatic heterocycles. The SMILES string of the molecule is CC(C)n1cnc2cc(NC(=O)c3ccccn3)ccc21. The van der Waals surface area contributed by atoms with E-state index in [1.165, 1.54) is 0 Å². The summed E-state index contributed by atoms with van der Waals surface area (Å²) in [5.74, 6) is -0.224. The molecule has 0 atom stereocenters. The first kappa shape index (κ1) is 13.3. The van der Waals surface area contributed by atoms with Crippen LogP contribution in [0, 0.1) is 0 Å². The van der Waals surface area contributed by atoms with Gasteiger partial charge in [0.15, 0.2) is 0 Å². The number of nitrogens with one attached hydrogen (secondary N) is 1. The lowest BCUT2D eigenvalue weighted by Crippen LogP contribution is -2.13. The maximum Gasteiger partial charge on any atom is 0.274 e. The van der Waals surface area contributed by atoms with Crippen LogP contribution in [0.15, 0.2) is 48.9 Å². The van der Waals surface area contributed by atoms with Gasteiger partial charge in [0.2, 0.25) is 0 Å². The molecule has 5 nitrogen and oxygen atoms in total. The lowest BCUT2D eigenvalue weighted by molar-refractivity contribution is 0.102. The highest BCUT2D eigenvalue weighted by Gasteiger charge is 2.09. The van der Waals surface area contributed by atoms with Crippen LogP contribution in [-0.4, -0.2) is 20.4 Å². The zero-order chi connectivity index (χ0) is 14.8. The van der Waals surface area contributed by atoms with Crippen LogP contribution in [0.1, 0.15) is 30.4 Å². The Kier molecular flexibility index (Phi) is 3.39. The number of carbonyl (C=O) groups excluding carboxylic acids is 1. The molecule has 0 fully saturated rings. The Morgan fingerprint density at radius 3 is 2.76 bits per heavy atom. The summed E-state index contributed by atoms with van der Waals surface area (Å²) in [5.41, 5.74) is 3.03. The van der Waals surface area contributed by atoms with Crippen LogP contribution in [0.25, 0.3) is 11.0 Å². The second-order valence-electron chi connectivity index (χ2n) is 5.12. The van der Waals surface area contributed by atoms with Crippen LogP contribution in [-0.2, 0) is 0 Å². The lowest BCUT2D eigenvalue weighted by atomic mass is 10.2. The van der Waals surface area contributed by atoms with E-state index in [-0.39, 0.29) is 5.91 Å². The van der Waals surface area contributed by atoms with Gasteiger partial charge in [-0.1, -0.05) is 6.07 Å². The van der Waals surface area contributed by atoms with Crippen LogP contribution in [0.3, 0.4) is 0 Å². The van der Waals surface area contributed by atoms with Crippen LogP contribution >= 0.6 is 0 Å². The molecule has 2 aromatic heterocycles. The summed E-state index contributed by atoms with van der Waals surface area (Å²) in [4.78, 5) is 20.5. The van der Waals surface area contributed by atoms with Crippen LogP contribution < -0.4 is 5.32 Å². The molecule has 5 heteroatoms. The van der Waals surface area contributed by atoms with E-state index in [0.717, 1.165) is 11.0 Å². The number of carbonyl (C=O) groups is 1. The summed E-state index contributed by atoms with van der Waals surface area (Å²) in [7, 11) is 0. The zero-order valence-electron chi connectivity index (χ0n) is 11.9. The molecule has 0 saturated carbocycles. The number of hydrogen-bond donors (Lipinski definition) is 1. The van der Waals surface area contributed by atoms with Crippen molar-refractivity contribution in [3.8, 4) is 0 Å². The van der Waals surface area contributed by atoms with Gasteiger partial charge in [0.25, 0.3) is 5.91 Å². The minimum absolute atomic E-state index is 0.224. The molecule has 0 aliphatic rings. The molecule has 1 aromatic carbocycles. The van der Waals surface area contributed by atoms with Crippen molar-refractivity contribution in [3.63, 3.8) is 0 Å². The number of aromatic nitrogens is 3. The first-order valence-electron chi connectivity index (χ1n) is 6.84. The lowest BCUT2D eigenvalue weighted by Gasteiger charge is -2.08. The Bertz CT molecular complexity index is 777. The van der Waals surface area contributed by atoms with E-state index >= 15 is 0 Å². The smallest absolute Gasteiger partial charge is 0.274 e. The fourth-order valence-electron chi connectivity index (χ4n) is 2.21. The third-order valence-corrected chi connectivity index (χ3v) is 3.29. The van der Waals surface area contributed by atoms with Crippen LogP contribution in [0.2, 0.25) is 0 Å². The van der Waals surface area contributed by atoms with Gasteiger partial charge in [-0.25, -0.2) is 4.98 Å². The second kappa shape index (κ2) is 5.36. The molecule has 2 heterocycles. The highest BCUT2D eigenvalue weighted by molar-refractivity contribution is 6.03. The van der Waals surface area contributed by atoms with Crippen molar-refractivity contribution in [2.75, 3.05) is 5.32 Å². The van der Waals surface area contributed by atoms with E-state index in [1.807, 2.05) is 24.5 Å². The highest BCUT2D eigenvalue weighted by Crippen LogP contribution is 2.21. The van der Waals surface area contributed by atoms with Crippen LogP contribution in [0.5, 0.6) is 0 Å². The molecule has 3 rings (SSSR count). The minimum Gasteiger partial charge on any atom is -0.328 e. The first-order chi connectivity index (χ1) is 10.1. The number of nitrogens with zero attached hydrogens (tertiary/aromatic N) is 3. The van der Waals surface area contributed by atoms with E-state index < -0.39 is 0 Å². The maximum absolute atomic E-state index is 12.1. The number of benzene rings is 1. The van der Waals surface area contributed by atoms with E-state index in [1.54, 1.807) is 24.4 Å². The number of amides is 1. The summed E-state index contributed by atoms with van der Waals surface area (Å²) in [5, 5.41) is 2.84. The Morgan fingerprint density at radius 2 is 2.05 bits per heavy atom. The van der Waals surface area contributed by atoms with Gasteiger partial charge < -0.3 is 9.88 Å². The molecule has 0 spiro atoms. The molecule has 21 heavy (non-hydrogen) atoms. The van der Waals surface area contributed by atoms with Crippen LogP contribution in [0.4, 0.5) is 5.69 Å². The third-order valence-electron chi connectivity index (χ3n) is 3.29. The normalized spacial score (nSPS) is 11.0. The molecule has 0 aliphatic carbocycles. The molecular weight excluding hydrogens is 264 g/mol. The quantitative estimate of drug-likeness (QED) is 0.801. The molecule has 1 amide bonds. The Hall–Kier alpha value is -2.69. The van der Waals surface area contributed by atoms with Gasteiger partial charge in [-0.2, -0.15) is 0 Å². The van der Waals surface area contributed by atoms with Crippen molar-refractivity contribution in [2.24, 2.45) is 0 Å². The van der Waals surface area contributed by atoms with Crippen molar-refractivity contribution in [2.45, 2.75) is 19.9 Å². The second-order valence-corrected chi connectivity index (χ2v) is 5.12. The minimum atomic E-state index is -0.224. The topological polar surface area (TPSA) is 59.8 Å². The van der Waals surface area contributed by atoms with Crippen molar-refractivity contribution < 1.29 is 4.79 Å². The van der Waals surface area contributed by atoms with Crippen molar-refractivity contribution in [1.29, 1.82) is 0 Å². The molecule has 0 radical (unpaired) electrons. The number of rotatable bonds is 3. The van der Waals surface area contributed by atoms with Gasteiger partial charge >= 0.3 is 0 Å². The van der Waals surface area contributed by atoms with Gasteiger partial charge in [0.1, 0.15) is 5.69 Å². The number of fused-ring (bicyclic) bond motifs is 1. The molecule has 0 saturated heterocycles. The summed E-state index contributed by atoms with van der Waals surface area (Å²) < 4.78 is 2.10. The monoisotopic (exact) mass is 280 g/mol. The fourth-order valence-corrected chi connectivity index (χ4v) is 2.21. The molecule has 3 aromatic rings. The average Bonchev–Trinajstić information content (AvgIpc) is 2.91. The maximum atomic E-state index is 12.1. The van der Waals surface area contributed by atoms with Gasteiger partial charge in [-0.15, -0.1) is 0 Å².